The van der Waals surface area contributed by atoms with Gasteiger partial charge in [0.25, 0.3) is 5.91 Å². The second-order valence-corrected chi connectivity index (χ2v) is 6.74. The summed E-state index contributed by atoms with van der Waals surface area (Å²) in [5.74, 6) is 0.0467. The molecule has 6 nitrogen and oxygen atoms in total. The van der Waals surface area contributed by atoms with Crippen molar-refractivity contribution < 1.29 is 14.3 Å². The van der Waals surface area contributed by atoms with Gasteiger partial charge < -0.3 is 10.4 Å². The average molecular weight is 348 g/mol. The zero-order valence-corrected chi connectivity index (χ0v) is 15.0. The third-order valence-electron chi connectivity index (χ3n) is 3.76. The average Bonchev–Trinajstić information content (AvgIpc) is 2.97. The monoisotopic (exact) mass is 348 g/mol. The molecule has 1 aromatic carbocycles. The van der Waals surface area contributed by atoms with E-state index < -0.39 is 6.10 Å². The summed E-state index contributed by atoms with van der Waals surface area (Å²) in [6, 6.07) is 6.02. The molecule has 2 aromatic rings. The van der Waals surface area contributed by atoms with Gasteiger partial charge in [0.05, 0.1) is 11.8 Å². The van der Waals surface area contributed by atoms with E-state index in [-0.39, 0.29) is 29.4 Å². The number of aromatic nitrogens is 3. The summed E-state index contributed by atoms with van der Waals surface area (Å²) in [4.78, 5) is 16.7. The number of aliphatic hydroxyl groups is 1. The molecule has 0 saturated carbocycles. The van der Waals surface area contributed by atoms with E-state index >= 15 is 0 Å². The van der Waals surface area contributed by atoms with Crippen LogP contribution in [0, 0.1) is 11.7 Å². The first-order valence-electron chi connectivity index (χ1n) is 8.47. The van der Waals surface area contributed by atoms with E-state index in [1.807, 2.05) is 20.8 Å². The summed E-state index contributed by atoms with van der Waals surface area (Å²) in [6.07, 6.45) is 0.188. The van der Waals surface area contributed by atoms with Gasteiger partial charge in [0.15, 0.2) is 0 Å². The fourth-order valence-electron chi connectivity index (χ4n) is 2.60. The number of rotatable bonds is 7. The van der Waals surface area contributed by atoms with Gasteiger partial charge in [-0.15, -0.1) is 5.10 Å². The van der Waals surface area contributed by atoms with E-state index in [0.29, 0.717) is 24.5 Å². The Labute approximate surface area is 147 Å². The summed E-state index contributed by atoms with van der Waals surface area (Å²) in [7, 11) is 0. The maximum atomic E-state index is 13.5. The van der Waals surface area contributed by atoms with Crippen molar-refractivity contribution in [3.8, 4) is 5.69 Å². The second kappa shape index (κ2) is 8.20. The van der Waals surface area contributed by atoms with Crippen LogP contribution in [0.4, 0.5) is 4.39 Å². The lowest BCUT2D eigenvalue weighted by Gasteiger charge is -2.13. The van der Waals surface area contributed by atoms with Gasteiger partial charge in [0.1, 0.15) is 11.6 Å². The smallest absolute Gasteiger partial charge is 0.290 e. The Morgan fingerprint density at radius 2 is 2.04 bits per heavy atom. The molecule has 2 atom stereocenters. The fraction of sp³-hybridized carbons (Fsp3) is 0.500. The standard InChI is InChI=1S/C18H25FN4O2/c1-11(2)17-21-16(18(25)20-10-12(3)8-13(4)24)22-23(17)15-7-5-6-14(19)9-15/h5-7,9,11-13,24H,8,10H2,1-4H3,(H,20,25). The molecular formula is C18H25FN4O2. The number of hydrogen-bond donors (Lipinski definition) is 2. The van der Waals surface area contributed by atoms with Gasteiger partial charge in [0.2, 0.25) is 5.82 Å². The highest BCUT2D eigenvalue weighted by molar-refractivity contribution is 5.90. The van der Waals surface area contributed by atoms with Crippen molar-refractivity contribution in [3.05, 3.63) is 41.7 Å². The topological polar surface area (TPSA) is 80.0 Å². The molecule has 2 unspecified atom stereocenters. The van der Waals surface area contributed by atoms with Crippen LogP contribution < -0.4 is 5.32 Å². The van der Waals surface area contributed by atoms with Gasteiger partial charge in [-0.25, -0.2) is 14.1 Å². The van der Waals surface area contributed by atoms with Gasteiger partial charge in [-0.1, -0.05) is 26.8 Å². The lowest BCUT2D eigenvalue weighted by molar-refractivity contribution is 0.0929. The molecule has 0 aliphatic rings. The maximum absolute atomic E-state index is 13.5. The summed E-state index contributed by atoms with van der Waals surface area (Å²) < 4.78 is 15.0. The highest BCUT2D eigenvalue weighted by atomic mass is 19.1. The van der Waals surface area contributed by atoms with Crippen LogP contribution in [-0.4, -0.2) is 38.4 Å². The number of nitrogens with zero attached hydrogens (tertiary/aromatic N) is 3. The number of carbonyl (C=O) groups excluding carboxylic acids is 1. The van der Waals surface area contributed by atoms with E-state index in [4.69, 9.17) is 0 Å². The second-order valence-electron chi connectivity index (χ2n) is 6.74. The molecule has 0 aliphatic heterocycles. The van der Waals surface area contributed by atoms with Crippen LogP contribution in [0.2, 0.25) is 0 Å². The molecular weight excluding hydrogens is 323 g/mol. The Morgan fingerprint density at radius 1 is 1.32 bits per heavy atom. The van der Waals surface area contributed by atoms with Gasteiger partial charge in [-0.05, 0) is 37.5 Å². The predicted molar refractivity (Wildman–Crippen MR) is 93.2 cm³/mol. The summed E-state index contributed by atoms with van der Waals surface area (Å²) >= 11 is 0. The molecule has 2 rings (SSSR count). The van der Waals surface area contributed by atoms with E-state index in [1.54, 1.807) is 19.1 Å². The van der Waals surface area contributed by atoms with Crippen molar-refractivity contribution >= 4 is 5.91 Å². The molecule has 1 amide bonds. The number of hydrogen-bond acceptors (Lipinski definition) is 4. The van der Waals surface area contributed by atoms with Crippen molar-refractivity contribution in [2.75, 3.05) is 6.54 Å². The van der Waals surface area contributed by atoms with E-state index in [0.717, 1.165) is 0 Å². The van der Waals surface area contributed by atoms with Gasteiger partial charge in [-0.2, -0.15) is 0 Å². The Morgan fingerprint density at radius 3 is 2.64 bits per heavy atom. The van der Waals surface area contributed by atoms with E-state index in [9.17, 15) is 14.3 Å². The Hall–Kier alpha value is -2.28. The summed E-state index contributed by atoms with van der Waals surface area (Å²) in [6.45, 7) is 7.97. The number of nitrogens with one attached hydrogen (secondary N) is 1. The molecule has 2 N–H and O–H groups in total. The van der Waals surface area contributed by atoms with Crippen LogP contribution in [-0.2, 0) is 0 Å². The van der Waals surface area contributed by atoms with Crippen molar-refractivity contribution in [1.82, 2.24) is 20.1 Å². The van der Waals surface area contributed by atoms with Crippen molar-refractivity contribution in [2.24, 2.45) is 5.92 Å². The number of benzene rings is 1. The molecule has 0 radical (unpaired) electrons. The minimum atomic E-state index is -0.412. The number of carbonyl (C=O) groups is 1. The lowest BCUT2D eigenvalue weighted by atomic mass is 10.0. The van der Waals surface area contributed by atoms with E-state index in [2.05, 4.69) is 15.4 Å². The third-order valence-corrected chi connectivity index (χ3v) is 3.76. The molecule has 0 spiro atoms. The van der Waals surface area contributed by atoms with E-state index in [1.165, 1.54) is 16.8 Å². The SMILES string of the molecule is CC(O)CC(C)CNC(=O)c1nc(C(C)C)n(-c2cccc(F)c2)n1. The van der Waals surface area contributed by atoms with Crippen LogP contribution in [0.25, 0.3) is 5.69 Å². The first-order chi connectivity index (χ1) is 11.8. The largest absolute Gasteiger partial charge is 0.393 e. The minimum absolute atomic E-state index is 0.0199. The first-order valence-corrected chi connectivity index (χ1v) is 8.47. The first kappa shape index (κ1) is 19.1. The molecule has 25 heavy (non-hydrogen) atoms. The van der Waals surface area contributed by atoms with Crippen LogP contribution in [0.1, 0.15) is 56.5 Å². The van der Waals surface area contributed by atoms with Crippen molar-refractivity contribution in [1.29, 1.82) is 0 Å². The molecule has 1 aromatic heterocycles. The Balaban J connectivity index is 2.19. The summed E-state index contributed by atoms with van der Waals surface area (Å²) in [5.41, 5.74) is 0.526. The molecule has 1 heterocycles. The lowest BCUT2D eigenvalue weighted by Crippen LogP contribution is -2.30. The maximum Gasteiger partial charge on any atom is 0.290 e. The van der Waals surface area contributed by atoms with Crippen LogP contribution >= 0.6 is 0 Å². The number of halogens is 1. The van der Waals surface area contributed by atoms with Gasteiger partial charge in [-0.3, -0.25) is 4.79 Å². The Bertz CT molecular complexity index is 728. The van der Waals surface area contributed by atoms with Crippen LogP contribution in [0.5, 0.6) is 0 Å². The van der Waals surface area contributed by atoms with Gasteiger partial charge >= 0.3 is 0 Å². The Kier molecular flexibility index (Phi) is 6.25. The molecule has 0 bridgehead atoms. The van der Waals surface area contributed by atoms with Crippen molar-refractivity contribution in [2.45, 2.75) is 46.1 Å². The minimum Gasteiger partial charge on any atom is -0.393 e. The molecule has 136 valence electrons. The molecule has 0 aliphatic carbocycles. The third kappa shape index (κ3) is 5.09. The molecule has 0 fully saturated rings. The highest BCUT2D eigenvalue weighted by Crippen LogP contribution is 2.18. The normalized spacial score (nSPS) is 13.7. The van der Waals surface area contributed by atoms with Gasteiger partial charge in [0, 0.05) is 12.5 Å². The zero-order chi connectivity index (χ0) is 18.6. The van der Waals surface area contributed by atoms with Crippen molar-refractivity contribution in [3.63, 3.8) is 0 Å². The number of amides is 1. The predicted octanol–water partition coefficient (Wildman–Crippen LogP) is 2.67. The fourth-order valence-corrected chi connectivity index (χ4v) is 2.60. The molecule has 7 heteroatoms. The van der Waals surface area contributed by atoms with Crippen LogP contribution in [0.15, 0.2) is 24.3 Å². The number of aliphatic hydroxyl groups excluding tert-OH is 1. The zero-order valence-electron chi connectivity index (χ0n) is 15.0. The molecule has 0 saturated heterocycles. The highest BCUT2D eigenvalue weighted by Gasteiger charge is 2.20. The quantitative estimate of drug-likeness (QED) is 0.806. The van der Waals surface area contributed by atoms with Crippen LogP contribution in [0.3, 0.4) is 0 Å². The summed E-state index contributed by atoms with van der Waals surface area (Å²) in [5, 5.41) is 16.4.